The number of para-hydroxylation sites is 1. The van der Waals surface area contributed by atoms with Crippen molar-refractivity contribution in [2.24, 2.45) is 7.05 Å². The average Bonchev–Trinajstić information content (AvgIpc) is 2.63. The van der Waals surface area contributed by atoms with Crippen LogP contribution >= 0.6 is 0 Å². The molecule has 0 unspecified atom stereocenters. The lowest BCUT2D eigenvalue weighted by Crippen LogP contribution is -2.11. The first-order chi connectivity index (χ1) is 8.09. The molecule has 0 atom stereocenters. The second-order valence-electron chi connectivity index (χ2n) is 3.55. The Hall–Kier alpha value is -2.30. The third kappa shape index (κ3) is 2.13. The zero-order chi connectivity index (χ0) is 12.4. The summed E-state index contributed by atoms with van der Waals surface area (Å²) < 4.78 is 19.8. The first-order valence-electron chi connectivity index (χ1n) is 4.97. The third-order valence-corrected chi connectivity index (χ3v) is 2.38. The predicted molar refractivity (Wildman–Crippen MR) is 61.2 cm³/mol. The van der Waals surface area contributed by atoms with E-state index < -0.39 is 11.8 Å². The number of nitrogens with two attached hydrogens (primary N) is 1. The average molecular weight is 234 g/mol. The molecule has 88 valence electrons. The van der Waals surface area contributed by atoms with Crippen molar-refractivity contribution in [1.29, 1.82) is 0 Å². The van der Waals surface area contributed by atoms with Crippen LogP contribution in [0.1, 0.15) is 10.4 Å². The molecule has 0 spiro atoms. The van der Waals surface area contributed by atoms with Gasteiger partial charge in [-0.15, -0.1) is 0 Å². The zero-order valence-corrected chi connectivity index (χ0v) is 9.18. The Kier molecular flexibility index (Phi) is 2.82. The number of rotatable bonds is 2. The molecule has 0 saturated heterocycles. The van der Waals surface area contributed by atoms with Gasteiger partial charge in [-0.1, -0.05) is 12.1 Å². The van der Waals surface area contributed by atoms with Crippen molar-refractivity contribution in [2.75, 3.05) is 5.73 Å². The lowest BCUT2D eigenvalue weighted by Gasteiger charge is -2.05. The number of anilines is 1. The molecule has 5 heteroatoms. The second kappa shape index (κ2) is 4.29. The highest BCUT2D eigenvalue weighted by Gasteiger charge is 2.16. The maximum Gasteiger partial charge on any atom is 0.347 e. The van der Waals surface area contributed by atoms with Crippen molar-refractivity contribution < 1.29 is 13.9 Å². The Labute approximate surface area is 97.4 Å². The summed E-state index contributed by atoms with van der Waals surface area (Å²) in [6.45, 7) is 0. The van der Waals surface area contributed by atoms with E-state index in [9.17, 15) is 9.18 Å². The van der Waals surface area contributed by atoms with Crippen molar-refractivity contribution in [3.8, 4) is 5.75 Å². The van der Waals surface area contributed by atoms with Crippen molar-refractivity contribution >= 4 is 11.8 Å². The van der Waals surface area contributed by atoms with Gasteiger partial charge in [0.05, 0.1) is 0 Å². The first kappa shape index (κ1) is 11.2. The standard InChI is InChI=1S/C12H11FN2O2/c1-15-7-6-8(11(15)14)12(16)17-10-5-3-2-4-9(10)13/h2-7H,14H2,1H3. The minimum absolute atomic E-state index is 0.110. The molecule has 0 fully saturated rings. The van der Waals surface area contributed by atoms with E-state index in [2.05, 4.69) is 0 Å². The number of hydrogen-bond donors (Lipinski definition) is 1. The van der Waals surface area contributed by atoms with Gasteiger partial charge in [0.1, 0.15) is 11.4 Å². The van der Waals surface area contributed by atoms with E-state index in [1.54, 1.807) is 23.9 Å². The van der Waals surface area contributed by atoms with E-state index >= 15 is 0 Å². The monoisotopic (exact) mass is 234 g/mol. The maximum absolute atomic E-state index is 13.3. The molecule has 0 aliphatic heterocycles. The van der Waals surface area contributed by atoms with Crippen LogP contribution in [0.2, 0.25) is 0 Å². The number of nitrogen functional groups attached to an aromatic ring is 1. The van der Waals surface area contributed by atoms with E-state index in [1.807, 2.05) is 0 Å². The van der Waals surface area contributed by atoms with Crippen molar-refractivity contribution in [3.63, 3.8) is 0 Å². The van der Waals surface area contributed by atoms with E-state index in [4.69, 9.17) is 10.5 Å². The molecule has 0 saturated carbocycles. The van der Waals surface area contributed by atoms with Gasteiger partial charge in [-0.3, -0.25) is 0 Å². The highest BCUT2D eigenvalue weighted by molar-refractivity contribution is 5.95. The molecule has 2 aromatic rings. The Morgan fingerprint density at radius 2 is 2.06 bits per heavy atom. The van der Waals surface area contributed by atoms with Crippen LogP contribution in [0.3, 0.4) is 0 Å². The number of carbonyl (C=O) groups excluding carboxylic acids is 1. The summed E-state index contributed by atoms with van der Waals surface area (Å²) in [5.41, 5.74) is 5.88. The summed E-state index contributed by atoms with van der Waals surface area (Å²) in [5, 5.41) is 0. The molecular formula is C12H11FN2O2. The number of hydrogen-bond acceptors (Lipinski definition) is 3. The van der Waals surface area contributed by atoms with Crippen LogP contribution in [0, 0.1) is 5.82 Å². The summed E-state index contributed by atoms with van der Waals surface area (Å²) in [6.07, 6.45) is 1.63. The molecule has 1 aromatic heterocycles. The minimum Gasteiger partial charge on any atom is -0.420 e. The predicted octanol–water partition coefficient (Wildman–Crippen LogP) is 1.97. The summed E-state index contributed by atoms with van der Waals surface area (Å²) in [7, 11) is 1.70. The lowest BCUT2D eigenvalue weighted by atomic mass is 10.3. The highest BCUT2D eigenvalue weighted by atomic mass is 19.1. The second-order valence-corrected chi connectivity index (χ2v) is 3.55. The third-order valence-electron chi connectivity index (χ3n) is 2.38. The van der Waals surface area contributed by atoms with E-state index in [0.717, 1.165) is 0 Å². The largest absolute Gasteiger partial charge is 0.420 e. The van der Waals surface area contributed by atoms with Gasteiger partial charge in [0.25, 0.3) is 0 Å². The number of esters is 1. The molecule has 17 heavy (non-hydrogen) atoms. The van der Waals surface area contributed by atoms with Crippen molar-refractivity contribution in [3.05, 3.63) is 47.9 Å². The topological polar surface area (TPSA) is 57.2 Å². The summed E-state index contributed by atoms with van der Waals surface area (Å²) >= 11 is 0. The van der Waals surface area contributed by atoms with Crippen LogP contribution in [0.25, 0.3) is 0 Å². The SMILES string of the molecule is Cn1ccc(C(=O)Oc2ccccc2F)c1N. The van der Waals surface area contributed by atoms with Crippen LogP contribution in [-0.2, 0) is 7.05 Å². The number of carbonyl (C=O) groups is 1. The van der Waals surface area contributed by atoms with E-state index in [-0.39, 0.29) is 17.1 Å². The van der Waals surface area contributed by atoms with Gasteiger partial charge in [-0.25, -0.2) is 9.18 Å². The number of benzene rings is 1. The van der Waals surface area contributed by atoms with Gasteiger partial charge in [0.2, 0.25) is 0 Å². The summed E-state index contributed by atoms with van der Waals surface area (Å²) in [4.78, 5) is 11.7. The van der Waals surface area contributed by atoms with E-state index in [0.29, 0.717) is 0 Å². The first-order valence-corrected chi connectivity index (χ1v) is 4.97. The zero-order valence-electron chi connectivity index (χ0n) is 9.18. The van der Waals surface area contributed by atoms with Crippen LogP contribution in [0.15, 0.2) is 36.5 Å². The van der Waals surface area contributed by atoms with Crippen LogP contribution in [0.4, 0.5) is 10.2 Å². The normalized spacial score (nSPS) is 10.2. The van der Waals surface area contributed by atoms with Gasteiger partial charge >= 0.3 is 5.97 Å². The fourth-order valence-electron chi connectivity index (χ4n) is 1.40. The molecule has 0 bridgehead atoms. The Bertz CT molecular complexity index is 563. The fourth-order valence-corrected chi connectivity index (χ4v) is 1.40. The van der Waals surface area contributed by atoms with Gasteiger partial charge in [-0.05, 0) is 18.2 Å². The van der Waals surface area contributed by atoms with Crippen LogP contribution in [0.5, 0.6) is 5.75 Å². The van der Waals surface area contributed by atoms with Gasteiger partial charge < -0.3 is 15.0 Å². The number of aromatic nitrogens is 1. The highest BCUT2D eigenvalue weighted by Crippen LogP contribution is 2.19. The molecule has 0 radical (unpaired) electrons. The number of halogens is 1. The van der Waals surface area contributed by atoms with Crippen molar-refractivity contribution in [1.82, 2.24) is 4.57 Å². The number of nitrogens with zero attached hydrogens (tertiary/aromatic N) is 1. The smallest absolute Gasteiger partial charge is 0.347 e. The molecule has 0 aliphatic rings. The van der Waals surface area contributed by atoms with Crippen molar-refractivity contribution in [2.45, 2.75) is 0 Å². The molecule has 1 aromatic carbocycles. The number of ether oxygens (including phenoxy) is 1. The van der Waals surface area contributed by atoms with Crippen LogP contribution in [-0.4, -0.2) is 10.5 Å². The van der Waals surface area contributed by atoms with Crippen LogP contribution < -0.4 is 10.5 Å². The lowest BCUT2D eigenvalue weighted by molar-refractivity contribution is 0.0729. The molecular weight excluding hydrogens is 223 g/mol. The van der Waals surface area contributed by atoms with Gasteiger partial charge in [0, 0.05) is 13.2 Å². The molecule has 2 rings (SSSR count). The minimum atomic E-state index is -0.673. The maximum atomic E-state index is 13.3. The number of aryl methyl sites for hydroxylation is 1. The molecule has 1 heterocycles. The Balaban J connectivity index is 2.23. The fraction of sp³-hybridized carbons (Fsp3) is 0.0833. The van der Waals surface area contributed by atoms with E-state index in [1.165, 1.54) is 24.3 Å². The summed E-state index contributed by atoms with van der Waals surface area (Å²) in [6, 6.07) is 7.23. The summed E-state index contributed by atoms with van der Waals surface area (Å²) in [5.74, 6) is -1.09. The Morgan fingerprint density at radius 3 is 2.65 bits per heavy atom. The van der Waals surface area contributed by atoms with Gasteiger partial charge in [0.15, 0.2) is 11.6 Å². The Morgan fingerprint density at radius 1 is 1.35 bits per heavy atom. The quantitative estimate of drug-likeness (QED) is 0.638. The molecule has 0 amide bonds. The molecule has 0 aliphatic carbocycles. The molecule has 4 nitrogen and oxygen atoms in total. The van der Waals surface area contributed by atoms with Gasteiger partial charge in [-0.2, -0.15) is 0 Å². The molecule has 2 N–H and O–H groups in total.